The SMILES string of the molecule is CCc1ccc(OCC(=O)NC(=S)Nc2ccccn2)c(Br)c1. The van der Waals surface area contributed by atoms with Crippen LogP contribution in [-0.2, 0) is 11.2 Å². The van der Waals surface area contributed by atoms with Gasteiger partial charge in [-0.1, -0.05) is 19.1 Å². The number of nitrogens with one attached hydrogen (secondary N) is 2. The molecule has 0 unspecified atom stereocenters. The number of aryl methyl sites for hydroxylation is 1. The van der Waals surface area contributed by atoms with Gasteiger partial charge in [-0.2, -0.15) is 0 Å². The molecule has 1 heterocycles. The van der Waals surface area contributed by atoms with Gasteiger partial charge in [0.1, 0.15) is 11.6 Å². The summed E-state index contributed by atoms with van der Waals surface area (Å²) in [4.78, 5) is 15.9. The maximum Gasteiger partial charge on any atom is 0.264 e. The second kappa shape index (κ2) is 8.59. The van der Waals surface area contributed by atoms with E-state index in [1.54, 1.807) is 18.3 Å². The number of carbonyl (C=O) groups is 1. The van der Waals surface area contributed by atoms with Crippen LogP contribution in [0.4, 0.5) is 5.82 Å². The molecule has 2 rings (SSSR count). The zero-order chi connectivity index (χ0) is 16.7. The molecule has 0 radical (unpaired) electrons. The van der Waals surface area contributed by atoms with Crippen LogP contribution < -0.4 is 15.4 Å². The van der Waals surface area contributed by atoms with Crippen molar-refractivity contribution < 1.29 is 9.53 Å². The summed E-state index contributed by atoms with van der Waals surface area (Å²) >= 11 is 8.48. The number of hydrogen-bond donors (Lipinski definition) is 2. The first kappa shape index (κ1) is 17.4. The van der Waals surface area contributed by atoms with Crippen molar-refractivity contribution in [2.45, 2.75) is 13.3 Å². The van der Waals surface area contributed by atoms with Crippen molar-refractivity contribution in [1.29, 1.82) is 0 Å². The monoisotopic (exact) mass is 393 g/mol. The third-order valence-corrected chi connectivity index (χ3v) is 3.75. The first-order valence-electron chi connectivity index (χ1n) is 7.01. The number of amides is 1. The van der Waals surface area contributed by atoms with Crippen molar-refractivity contribution in [3.05, 3.63) is 52.6 Å². The van der Waals surface area contributed by atoms with Gasteiger partial charge in [0.15, 0.2) is 11.7 Å². The van der Waals surface area contributed by atoms with Crippen LogP contribution in [0.1, 0.15) is 12.5 Å². The molecule has 120 valence electrons. The van der Waals surface area contributed by atoms with E-state index >= 15 is 0 Å². The predicted octanol–water partition coefficient (Wildman–Crippen LogP) is 3.30. The summed E-state index contributed by atoms with van der Waals surface area (Å²) in [5.41, 5.74) is 1.19. The zero-order valence-corrected chi connectivity index (χ0v) is 14.9. The van der Waals surface area contributed by atoms with Gasteiger partial charge in [0.2, 0.25) is 0 Å². The Morgan fingerprint density at radius 2 is 2.17 bits per heavy atom. The summed E-state index contributed by atoms with van der Waals surface area (Å²) in [6.07, 6.45) is 2.57. The second-order valence-corrected chi connectivity index (χ2v) is 5.89. The minimum atomic E-state index is -0.343. The minimum absolute atomic E-state index is 0.131. The van der Waals surface area contributed by atoms with Crippen LogP contribution >= 0.6 is 28.1 Å². The van der Waals surface area contributed by atoms with Crippen LogP contribution in [0, 0.1) is 0 Å². The number of aromatic nitrogens is 1. The fraction of sp³-hybridized carbons (Fsp3) is 0.188. The highest BCUT2D eigenvalue weighted by atomic mass is 79.9. The first-order chi connectivity index (χ1) is 11.1. The Morgan fingerprint density at radius 1 is 1.35 bits per heavy atom. The van der Waals surface area contributed by atoms with Crippen molar-refractivity contribution in [2.24, 2.45) is 0 Å². The van der Waals surface area contributed by atoms with Crippen LogP contribution in [0.5, 0.6) is 5.75 Å². The van der Waals surface area contributed by atoms with Crippen LogP contribution in [0.3, 0.4) is 0 Å². The number of ether oxygens (including phenoxy) is 1. The summed E-state index contributed by atoms with van der Waals surface area (Å²) in [5.74, 6) is 0.836. The van der Waals surface area contributed by atoms with Gasteiger partial charge < -0.3 is 10.1 Å². The fourth-order valence-electron chi connectivity index (χ4n) is 1.77. The van der Waals surface area contributed by atoms with Gasteiger partial charge in [0, 0.05) is 6.20 Å². The van der Waals surface area contributed by atoms with Gasteiger partial charge in [-0.3, -0.25) is 10.1 Å². The van der Waals surface area contributed by atoms with E-state index in [1.807, 2.05) is 24.3 Å². The molecule has 0 saturated heterocycles. The van der Waals surface area contributed by atoms with Crippen molar-refractivity contribution in [1.82, 2.24) is 10.3 Å². The fourth-order valence-corrected chi connectivity index (χ4v) is 2.53. The van der Waals surface area contributed by atoms with E-state index in [9.17, 15) is 4.79 Å². The van der Waals surface area contributed by atoms with E-state index in [4.69, 9.17) is 17.0 Å². The van der Waals surface area contributed by atoms with Gasteiger partial charge >= 0.3 is 0 Å². The van der Waals surface area contributed by atoms with Crippen LogP contribution in [-0.4, -0.2) is 22.6 Å². The van der Waals surface area contributed by atoms with E-state index in [1.165, 1.54) is 5.56 Å². The number of benzene rings is 1. The third-order valence-electron chi connectivity index (χ3n) is 2.92. The first-order valence-corrected chi connectivity index (χ1v) is 8.21. The van der Waals surface area contributed by atoms with Gasteiger partial charge in [0.25, 0.3) is 5.91 Å². The van der Waals surface area contributed by atoms with E-state index in [0.717, 1.165) is 10.9 Å². The van der Waals surface area contributed by atoms with Crippen molar-refractivity contribution in [3.63, 3.8) is 0 Å². The molecule has 0 spiro atoms. The molecular weight excluding hydrogens is 378 g/mol. The Balaban J connectivity index is 1.82. The molecule has 1 aromatic carbocycles. The highest BCUT2D eigenvalue weighted by Crippen LogP contribution is 2.26. The molecule has 0 bridgehead atoms. The molecule has 7 heteroatoms. The molecule has 0 atom stereocenters. The molecule has 2 aromatic rings. The Bertz CT molecular complexity index is 695. The molecule has 1 aromatic heterocycles. The van der Waals surface area contributed by atoms with Gasteiger partial charge in [-0.05, 0) is 64.4 Å². The predicted molar refractivity (Wildman–Crippen MR) is 97.6 cm³/mol. The lowest BCUT2D eigenvalue weighted by atomic mass is 10.2. The smallest absolute Gasteiger partial charge is 0.264 e. The largest absolute Gasteiger partial charge is 0.483 e. The zero-order valence-electron chi connectivity index (χ0n) is 12.5. The Morgan fingerprint density at radius 3 is 2.83 bits per heavy atom. The quantitative estimate of drug-likeness (QED) is 0.762. The van der Waals surface area contributed by atoms with Crippen LogP contribution in [0.2, 0.25) is 0 Å². The third kappa shape index (κ3) is 5.61. The summed E-state index contributed by atoms with van der Waals surface area (Å²) in [6.45, 7) is 1.94. The number of thiocarbonyl (C=S) groups is 1. The molecular formula is C16H16BrN3O2S. The molecule has 2 N–H and O–H groups in total. The molecule has 0 aliphatic rings. The Kier molecular flexibility index (Phi) is 6.49. The lowest BCUT2D eigenvalue weighted by Gasteiger charge is -2.11. The van der Waals surface area contributed by atoms with Crippen LogP contribution in [0.25, 0.3) is 0 Å². The topological polar surface area (TPSA) is 63.2 Å². The van der Waals surface area contributed by atoms with E-state index in [0.29, 0.717) is 11.6 Å². The van der Waals surface area contributed by atoms with E-state index < -0.39 is 0 Å². The molecule has 0 aliphatic heterocycles. The maximum atomic E-state index is 11.9. The minimum Gasteiger partial charge on any atom is -0.483 e. The number of nitrogens with zero attached hydrogens (tertiary/aromatic N) is 1. The van der Waals surface area contributed by atoms with Crippen molar-refractivity contribution in [3.8, 4) is 5.75 Å². The summed E-state index contributed by atoms with van der Waals surface area (Å²) in [7, 11) is 0. The normalized spacial score (nSPS) is 10.0. The number of carbonyl (C=O) groups excluding carboxylic acids is 1. The van der Waals surface area contributed by atoms with Crippen molar-refractivity contribution in [2.75, 3.05) is 11.9 Å². The van der Waals surface area contributed by atoms with Gasteiger partial charge in [-0.25, -0.2) is 4.98 Å². The van der Waals surface area contributed by atoms with Crippen LogP contribution in [0.15, 0.2) is 47.1 Å². The Hall–Kier alpha value is -1.99. The maximum absolute atomic E-state index is 11.9. The number of rotatable bonds is 5. The molecule has 0 saturated carbocycles. The average Bonchev–Trinajstić information content (AvgIpc) is 2.54. The van der Waals surface area contributed by atoms with Gasteiger partial charge in [0.05, 0.1) is 4.47 Å². The number of halogens is 1. The molecule has 23 heavy (non-hydrogen) atoms. The van der Waals surface area contributed by atoms with Gasteiger partial charge in [-0.15, -0.1) is 0 Å². The molecule has 0 aliphatic carbocycles. The van der Waals surface area contributed by atoms with Crippen molar-refractivity contribution >= 4 is 45.0 Å². The number of pyridine rings is 1. The molecule has 1 amide bonds. The summed E-state index contributed by atoms with van der Waals surface area (Å²) in [5, 5.41) is 5.54. The summed E-state index contributed by atoms with van der Waals surface area (Å²) < 4.78 is 6.31. The highest BCUT2D eigenvalue weighted by molar-refractivity contribution is 9.10. The van der Waals surface area contributed by atoms with E-state index in [-0.39, 0.29) is 17.6 Å². The molecule has 5 nitrogen and oxygen atoms in total. The number of anilines is 1. The molecule has 0 fully saturated rings. The summed E-state index contributed by atoms with van der Waals surface area (Å²) in [6, 6.07) is 11.1. The number of hydrogen-bond acceptors (Lipinski definition) is 4. The highest BCUT2D eigenvalue weighted by Gasteiger charge is 2.08. The lowest BCUT2D eigenvalue weighted by molar-refractivity contribution is -0.121. The average molecular weight is 394 g/mol. The lowest BCUT2D eigenvalue weighted by Crippen LogP contribution is -2.37. The van der Waals surface area contributed by atoms with E-state index in [2.05, 4.69) is 38.5 Å². The Labute approximate surface area is 148 Å². The standard InChI is InChI=1S/C16H16BrN3O2S/c1-2-11-6-7-13(12(17)9-11)22-10-15(21)20-16(23)19-14-5-3-4-8-18-14/h3-9H,2,10H2,1H3,(H2,18,19,20,21,23). The second-order valence-electron chi connectivity index (χ2n) is 4.62.